The Morgan fingerprint density at radius 1 is 1.32 bits per heavy atom. The molecule has 0 saturated heterocycles. The topological polar surface area (TPSA) is 84.1 Å². The Hall–Kier alpha value is -1.38. The molecule has 102 valence electrons. The van der Waals surface area contributed by atoms with Gasteiger partial charge in [-0.15, -0.1) is 0 Å². The van der Waals surface area contributed by atoms with Crippen LogP contribution in [0.1, 0.15) is 12.5 Å². The first kappa shape index (κ1) is 12.6. The minimum atomic E-state index is -3.35. The second-order valence-electron chi connectivity index (χ2n) is 4.46. The maximum Gasteiger partial charge on any atom is 0.278 e. The fourth-order valence-electron chi connectivity index (χ4n) is 2.31. The second-order valence-corrected chi connectivity index (χ2v) is 4.81. The van der Waals surface area contributed by atoms with Crippen molar-refractivity contribution in [2.45, 2.75) is 30.6 Å². The average Bonchev–Trinajstić information content (AvgIpc) is 2.86. The molecule has 2 aromatic rings. The van der Waals surface area contributed by atoms with Crippen LogP contribution in [0.25, 0.3) is 11.2 Å². The molecule has 0 radical (unpaired) electrons. The van der Waals surface area contributed by atoms with Crippen LogP contribution in [-0.4, -0.2) is 47.9 Å². The fourth-order valence-corrected chi connectivity index (χ4v) is 2.49. The van der Waals surface area contributed by atoms with Crippen LogP contribution < -0.4 is 0 Å². The Morgan fingerprint density at radius 2 is 2.05 bits per heavy atom. The summed E-state index contributed by atoms with van der Waals surface area (Å²) in [6.45, 7) is 0. The second kappa shape index (κ2) is 4.06. The number of hydrogen-bond acceptors (Lipinski definition) is 5. The van der Waals surface area contributed by atoms with Crippen molar-refractivity contribution in [1.29, 1.82) is 0 Å². The number of aromatic nitrogens is 4. The summed E-state index contributed by atoms with van der Waals surface area (Å²) >= 11 is 5.81. The lowest BCUT2D eigenvalue weighted by atomic mass is 10.2. The van der Waals surface area contributed by atoms with E-state index in [4.69, 9.17) is 11.6 Å². The van der Waals surface area contributed by atoms with E-state index in [0.29, 0.717) is 0 Å². The summed E-state index contributed by atoms with van der Waals surface area (Å²) in [6, 6.07) is -1.01. The fraction of sp³-hybridized carbons (Fsp3) is 0.500. The van der Waals surface area contributed by atoms with Crippen molar-refractivity contribution in [2.75, 3.05) is 0 Å². The Kier molecular flexibility index (Phi) is 2.70. The lowest BCUT2D eigenvalue weighted by Crippen LogP contribution is -2.35. The zero-order valence-electron chi connectivity index (χ0n) is 9.41. The van der Waals surface area contributed by atoms with Gasteiger partial charge >= 0.3 is 0 Å². The molecule has 0 bridgehead atoms. The summed E-state index contributed by atoms with van der Waals surface area (Å²) < 4.78 is 28.1. The number of aliphatic hydroxyl groups is 2. The molecule has 3 rings (SSSR count). The van der Waals surface area contributed by atoms with Gasteiger partial charge in [0.15, 0.2) is 10.8 Å². The zero-order valence-corrected chi connectivity index (χ0v) is 10.2. The highest BCUT2D eigenvalue weighted by Gasteiger charge is 2.55. The van der Waals surface area contributed by atoms with E-state index < -0.39 is 30.6 Å². The van der Waals surface area contributed by atoms with Crippen LogP contribution in [0.5, 0.6) is 0 Å². The first-order chi connectivity index (χ1) is 8.92. The van der Waals surface area contributed by atoms with Crippen molar-refractivity contribution >= 4 is 22.8 Å². The molecule has 3 atom stereocenters. The van der Waals surface area contributed by atoms with Crippen LogP contribution in [0, 0.1) is 0 Å². The molecular formula is C10H9ClF2N4O2. The number of halogens is 3. The number of imidazole rings is 1. The smallest absolute Gasteiger partial charge is 0.278 e. The van der Waals surface area contributed by atoms with E-state index in [1.165, 1.54) is 17.2 Å². The van der Waals surface area contributed by atoms with Crippen molar-refractivity contribution in [2.24, 2.45) is 0 Å². The van der Waals surface area contributed by atoms with E-state index in [0.717, 1.165) is 0 Å². The molecule has 1 aliphatic rings. The summed E-state index contributed by atoms with van der Waals surface area (Å²) in [7, 11) is 0. The monoisotopic (exact) mass is 290 g/mol. The quantitative estimate of drug-likeness (QED) is 0.758. The normalized spacial score (nSPS) is 30.1. The lowest BCUT2D eigenvalue weighted by molar-refractivity contribution is -0.113. The van der Waals surface area contributed by atoms with Crippen molar-refractivity contribution < 1.29 is 19.0 Å². The van der Waals surface area contributed by atoms with Crippen LogP contribution in [0.15, 0.2) is 12.7 Å². The van der Waals surface area contributed by atoms with E-state index in [2.05, 4.69) is 15.0 Å². The Labute approximate surface area is 110 Å². The highest BCUT2D eigenvalue weighted by Crippen LogP contribution is 2.42. The van der Waals surface area contributed by atoms with Crippen LogP contribution >= 0.6 is 11.6 Å². The molecule has 0 aliphatic heterocycles. The molecule has 2 heterocycles. The summed E-state index contributed by atoms with van der Waals surface area (Å²) in [6.07, 6.45) is -1.96. The maximum absolute atomic E-state index is 13.4. The highest BCUT2D eigenvalue weighted by atomic mass is 35.5. The molecule has 1 saturated carbocycles. The summed E-state index contributed by atoms with van der Waals surface area (Å²) in [4.78, 5) is 11.6. The van der Waals surface area contributed by atoms with E-state index in [9.17, 15) is 19.0 Å². The van der Waals surface area contributed by atoms with Gasteiger partial charge in [-0.25, -0.2) is 23.7 Å². The third-order valence-electron chi connectivity index (χ3n) is 3.30. The van der Waals surface area contributed by atoms with Gasteiger partial charge in [-0.2, -0.15) is 0 Å². The third-order valence-corrected chi connectivity index (χ3v) is 3.58. The zero-order chi connectivity index (χ0) is 13.8. The Balaban J connectivity index is 2.09. The van der Waals surface area contributed by atoms with Gasteiger partial charge in [0.25, 0.3) is 5.92 Å². The van der Waals surface area contributed by atoms with Crippen molar-refractivity contribution in [3.63, 3.8) is 0 Å². The predicted molar refractivity (Wildman–Crippen MR) is 60.9 cm³/mol. The molecule has 9 heteroatoms. The average molecular weight is 291 g/mol. The minimum absolute atomic E-state index is 0.101. The largest absolute Gasteiger partial charge is 0.388 e. The molecule has 6 nitrogen and oxygen atoms in total. The summed E-state index contributed by atoms with van der Waals surface area (Å²) in [5.41, 5.74) is 0.509. The molecular weight excluding hydrogens is 282 g/mol. The van der Waals surface area contributed by atoms with Crippen molar-refractivity contribution in [3.8, 4) is 0 Å². The Morgan fingerprint density at radius 3 is 2.68 bits per heavy atom. The number of rotatable bonds is 1. The molecule has 0 amide bonds. The summed E-state index contributed by atoms with van der Waals surface area (Å²) in [5, 5.41) is 19.2. The van der Waals surface area contributed by atoms with Crippen molar-refractivity contribution in [3.05, 3.63) is 17.8 Å². The minimum Gasteiger partial charge on any atom is -0.388 e. The number of nitrogens with zero attached hydrogens (tertiary/aromatic N) is 4. The van der Waals surface area contributed by atoms with E-state index >= 15 is 0 Å². The van der Waals surface area contributed by atoms with E-state index in [1.54, 1.807) is 0 Å². The molecule has 0 spiro atoms. The number of alkyl halides is 2. The first-order valence-corrected chi connectivity index (χ1v) is 5.86. The molecule has 2 N–H and O–H groups in total. The first-order valence-electron chi connectivity index (χ1n) is 5.49. The van der Waals surface area contributed by atoms with Crippen molar-refractivity contribution in [1.82, 2.24) is 19.5 Å². The van der Waals surface area contributed by atoms with Gasteiger partial charge in [0, 0.05) is 6.42 Å². The number of aliphatic hydroxyl groups excluding tert-OH is 2. The predicted octanol–water partition coefficient (Wildman–Crippen LogP) is 0.782. The molecule has 2 aromatic heterocycles. The van der Waals surface area contributed by atoms with Gasteiger partial charge in [0.1, 0.15) is 24.1 Å². The molecule has 19 heavy (non-hydrogen) atoms. The highest BCUT2D eigenvalue weighted by molar-refractivity contribution is 6.33. The summed E-state index contributed by atoms with van der Waals surface area (Å²) in [5.74, 6) is -3.35. The maximum atomic E-state index is 13.4. The van der Waals surface area contributed by atoms with Crippen LogP contribution in [-0.2, 0) is 0 Å². The van der Waals surface area contributed by atoms with Gasteiger partial charge in [0.05, 0.1) is 12.4 Å². The van der Waals surface area contributed by atoms with Gasteiger partial charge in [-0.05, 0) is 0 Å². The standard InChI is InChI=1S/C10H9ClF2N4O2/c11-8-5-9(15-2-14-8)17(3-16-5)4-1-10(12,13)7(19)6(4)18/h2-4,6-7,18-19H,1H2/t4-,6+,7+/m1/s1. The van der Waals surface area contributed by atoms with Crippen LogP contribution in [0.3, 0.4) is 0 Å². The Bertz CT molecular complexity index is 635. The molecule has 1 fully saturated rings. The SMILES string of the molecule is O[C@H]1[C@H](n2cnc3c(Cl)ncnc32)CC(F)(F)[C@H]1O. The molecule has 1 aliphatic carbocycles. The molecule has 0 unspecified atom stereocenters. The van der Waals surface area contributed by atoms with Gasteiger partial charge in [-0.1, -0.05) is 11.6 Å². The van der Waals surface area contributed by atoms with E-state index in [1.807, 2.05) is 0 Å². The molecule has 0 aromatic carbocycles. The van der Waals surface area contributed by atoms with Gasteiger partial charge in [-0.3, -0.25) is 0 Å². The number of fused-ring (bicyclic) bond motifs is 1. The van der Waals surface area contributed by atoms with Crippen LogP contribution in [0.4, 0.5) is 8.78 Å². The van der Waals surface area contributed by atoms with Gasteiger partial charge in [0.2, 0.25) is 0 Å². The number of hydrogen-bond donors (Lipinski definition) is 2. The van der Waals surface area contributed by atoms with Gasteiger partial charge < -0.3 is 14.8 Å². The third kappa shape index (κ3) is 1.78. The van der Waals surface area contributed by atoms with E-state index in [-0.39, 0.29) is 16.3 Å². The lowest BCUT2D eigenvalue weighted by Gasteiger charge is -2.17. The van der Waals surface area contributed by atoms with Crippen LogP contribution in [0.2, 0.25) is 5.15 Å².